The third-order valence-corrected chi connectivity index (χ3v) is 4.39. The van der Waals surface area contributed by atoms with Gasteiger partial charge in [0.05, 0.1) is 11.9 Å². The summed E-state index contributed by atoms with van der Waals surface area (Å²) in [6.07, 6.45) is 5.19. The normalized spacial score (nSPS) is 10.9. The van der Waals surface area contributed by atoms with Crippen molar-refractivity contribution in [3.8, 4) is 11.3 Å². The summed E-state index contributed by atoms with van der Waals surface area (Å²) in [5.74, 6) is 0.668. The van der Waals surface area contributed by atoms with E-state index in [4.69, 9.17) is 0 Å². The number of amides is 1. The Labute approximate surface area is 151 Å². The maximum absolute atomic E-state index is 11.8. The molecule has 1 amide bonds. The lowest BCUT2D eigenvalue weighted by Crippen LogP contribution is -2.23. The first-order chi connectivity index (χ1) is 12.3. The number of hydrogen-bond acceptors (Lipinski definition) is 3. The van der Waals surface area contributed by atoms with Crippen LogP contribution in [0.3, 0.4) is 0 Å². The van der Waals surface area contributed by atoms with Crippen molar-refractivity contribution in [1.82, 2.24) is 15.3 Å². The minimum absolute atomic E-state index is 0.0890. The standard InChI is InChI=1S/C20H19N3OS/c24-19(12-11-16-7-3-1-4-8-16)21-13-14-25-20-22-15-18(23-20)17-9-5-2-6-10-17/h1-12,15H,13-14H2,(H,21,24)(H,22,23). The first-order valence-corrected chi connectivity index (χ1v) is 9.04. The predicted octanol–water partition coefficient (Wildman–Crippen LogP) is 4.00. The summed E-state index contributed by atoms with van der Waals surface area (Å²) in [5.41, 5.74) is 3.12. The van der Waals surface area contributed by atoms with Gasteiger partial charge in [-0.3, -0.25) is 4.79 Å². The number of thioether (sulfide) groups is 1. The largest absolute Gasteiger partial charge is 0.352 e. The van der Waals surface area contributed by atoms with Gasteiger partial charge in [-0.15, -0.1) is 0 Å². The molecule has 0 atom stereocenters. The van der Waals surface area contributed by atoms with Gasteiger partial charge in [0.25, 0.3) is 0 Å². The van der Waals surface area contributed by atoms with Crippen molar-refractivity contribution in [1.29, 1.82) is 0 Å². The average Bonchev–Trinajstić information content (AvgIpc) is 3.14. The van der Waals surface area contributed by atoms with Crippen LogP contribution in [0.25, 0.3) is 17.3 Å². The van der Waals surface area contributed by atoms with Gasteiger partial charge in [-0.1, -0.05) is 72.4 Å². The predicted molar refractivity (Wildman–Crippen MR) is 103 cm³/mol. The summed E-state index contributed by atoms with van der Waals surface area (Å²) in [7, 11) is 0. The van der Waals surface area contributed by atoms with E-state index in [0.29, 0.717) is 6.54 Å². The molecule has 3 rings (SSSR count). The number of imidazole rings is 1. The Balaban J connectivity index is 1.41. The summed E-state index contributed by atoms with van der Waals surface area (Å²) < 4.78 is 0. The number of hydrogen-bond donors (Lipinski definition) is 2. The lowest BCUT2D eigenvalue weighted by molar-refractivity contribution is -0.116. The molecule has 0 radical (unpaired) electrons. The van der Waals surface area contributed by atoms with E-state index >= 15 is 0 Å². The van der Waals surface area contributed by atoms with Gasteiger partial charge in [-0.2, -0.15) is 0 Å². The van der Waals surface area contributed by atoms with E-state index in [1.54, 1.807) is 23.9 Å². The van der Waals surface area contributed by atoms with Gasteiger partial charge in [-0.25, -0.2) is 4.98 Å². The number of carbonyl (C=O) groups is 1. The molecule has 5 heteroatoms. The Hall–Kier alpha value is -2.79. The number of nitrogens with one attached hydrogen (secondary N) is 2. The van der Waals surface area contributed by atoms with Crippen LogP contribution in [0.1, 0.15) is 5.56 Å². The Morgan fingerprint density at radius 3 is 2.56 bits per heavy atom. The number of aromatic nitrogens is 2. The molecule has 126 valence electrons. The lowest BCUT2D eigenvalue weighted by atomic mass is 10.2. The number of benzene rings is 2. The molecule has 2 N–H and O–H groups in total. The van der Waals surface area contributed by atoms with Crippen molar-refractivity contribution in [2.45, 2.75) is 5.16 Å². The fourth-order valence-corrected chi connectivity index (χ4v) is 2.96. The van der Waals surface area contributed by atoms with Crippen LogP contribution >= 0.6 is 11.8 Å². The highest BCUT2D eigenvalue weighted by molar-refractivity contribution is 7.99. The number of carbonyl (C=O) groups excluding carboxylic acids is 1. The third kappa shape index (κ3) is 5.36. The van der Waals surface area contributed by atoms with Gasteiger partial charge in [0.1, 0.15) is 0 Å². The van der Waals surface area contributed by atoms with Crippen LogP contribution in [0.15, 0.2) is 78.1 Å². The van der Waals surface area contributed by atoms with E-state index in [9.17, 15) is 4.79 Å². The minimum atomic E-state index is -0.0890. The molecular weight excluding hydrogens is 330 g/mol. The molecule has 1 heterocycles. The van der Waals surface area contributed by atoms with Crippen LogP contribution in [-0.2, 0) is 4.79 Å². The van der Waals surface area contributed by atoms with Gasteiger partial charge >= 0.3 is 0 Å². The van der Waals surface area contributed by atoms with Crippen molar-refractivity contribution >= 4 is 23.7 Å². The molecule has 0 bridgehead atoms. The van der Waals surface area contributed by atoms with Crippen molar-refractivity contribution in [3.05, 3.63) is 78.5 Å². The average molecular weight is 349 g/mol. The van der Waals surface area contributed by atoms with Crippen LogP contribution in [0, 0.1) is 0 Å². The molecule has 0 saturated heterocycles. The maximum atomic E-state index is 11.8. The topological polar surface area (TPSA) is 57.8 Å². The second-order valence-corrected chi connectivity index (χ2v) is 6.44. The van der Waals surface area contributed by atoms with Crippen LogP contribution in [0.2, 0.25) is 0 Å². The fraction of sp³-hybridized carbons (Fsp3) is 0.100. The molecule has 1 aromatic heterocycles. The second kappa shape index (κ2) is 8.89. The Kier molecular flexibility index (Phi) is 6.06. The first kappa shape index (κ1) is 17.0. The van der Waals surface area contributed by atoms with E-state index in [0.717, 1.165) is 27.7 Å². The summed E-state index contributed by atoms with van der Waals surface area (Å²) in [4.78, 5) is 19.4. The Bertz CT molecular complexity index is 828. The van der Waals surface area contributed by atoms with Gasteiger partial charge in [0.2, 0.25) is 5.91 Å². The number of H-pyrrole nitrogens is 1. The molecule has 0 spiro atoms. The van der Waals surface area contributed by atoms with Crippen LogP contribution in [0.4, 0.5) is 0 Å². The molecule has 0 aliphatic carbocycles. The monoisotopic (exact) mass is 349 g/mol. The van der Waals surface area contributed by atoms with E-state index in [-0.39, 0.29) is 5.91 Å². The molecule has 0 unspecified atom stereocenters. The number of rotatable bonds is 7. The first-order valence-electron chi connectivity index (χ1n) is 8.05. The van der Waals surface area contributed by atoms with Gasteiger partial charge < -0.3 is 10.3 Å². The SMILES string of the molecule is O=C(C=Cc1ccccc1)NCCSc1ncc(-c2ccccc2)[nH]1. The highest BCUT2D eigenvalue weighted by Crippen LogP contribution is 2.20. The summed E-state index contributed by atoms with van der Waals surface area (Å²) in [6, 6.07) is 19.8. The van der Waals surface area contributed by atoms with Gasteiger partial charge in [0.15, 0.2) is 5.16 Å². The smallest absolute Gasteiger partial charge is 0.244 e. The number of nitrogens with zero attached hydrogens (tertiary/aromatic N) is 1. The quantitative estimate of drug-likeness (QED) is 0.385. The highest BCUT2D eigenvalue weighted by Gasteiger charge is 2.03. The third-order valence-electron chi connectivity index (χ3n) is 3.50. The van der Waals surface area contributed by atoms with Crippen LogP contribution in [-0.4, -0.2) is 28.2 Å². The van der Waals surface area contributed by atoms with Crippen molar-refractivity contribution in [2.75, 3.05) is 12.3 Å². The zero-order valence-corrected chi connectivity index (χ0v) is 14.5. The van der Waals surface area contributed by atoms with E-state index in [1.165, 1.54) is 0 Å². The lowest BCUT2D eigenvalue weighted by Gasteiger charge is -2.01. The van der Waals surface area contributed by atoms with Crippen LogP contribution in [0.5, 0.6) is 0 Å². The number of aromatic amines is 1. The van der Waals surface area contributed by atoms with Crippen LogP contribution < -0.4 is 5.32 Å². The van der Waals surface area contributed by atoms with Crippen molar-refractivity contribution in [3.63, 3.8) is 0 Å². The molecule has 4 nitrogen and oxygen atoms in total. The Morgan fingerprint density at radius 2 is 1.80 bits per heavy atom. The molecule has 0 aliphatic heterocycles. The second-order valence-electron chi connectivity index (χ2n) is 5.35. The maximum Gasteiger partial charge on any atom is 0.244 e. The summed E-state index contributed by atoms with van der Waals surface area (Å²) >= 11 is 1.59. The fourth-order valence-electron chi connectivity index (χ4n) is 2.26. The highest BCUT2D eigenvalue weighted by atomic mass is 32.2. The zero-order valence-electron chi connectivity index (χ0n) is 13.7. The van der Waals surface area contributed by atoms with E-state index in [1.807, 2.05) is 66.9 Å². The van der Waals surface area contributed by atoms with Crippen molar-refractivity contribution in [2.24, 2.45) is 0 Å². The molecule has 25 heavy (non-hydrogen) atoms. The molecule has 3 aromatic rings. The Morgan fingerprint density at radius 1 is 1.08 bits per heavy atom. The van der Waals surface area contributed by atoms with Crippen molar-refractivity contribution < 1.29 is 4.79 Å². The molecule has 2 aromatic carbocycles. The molecule has 0 aliphatic rings. The molecular formula is C20H19N3OS. The van der Waals surface area contributed by atoms with E-state index < -0.39 is 0 Å². The molecule has 0 fully saturated rings. The molecule has 0 saturated carbocycles. The minimum Gasteiger partial charge on any atom is -0.352 e. The summed E-state index contributed by atoms with van der Waals surface area (Å²) in [5, 5.41) is 3.73. The summed E-state index contributed by atoms with van der Waals surface area (Å²) in [6.45, 7) is 0.587. The van der Waals surface area contributed by atoms with Gasteiger partial charge in [-0.05, 0) is 17.2 Å². The van der Waals surface area contributed by atoms with E-state index in [2.05, 4.69) is 15.3 Å². The zero-order chi connectivity index (χ0) is 17.3. The van der Waals surface area contributed by atoms with Gasteiger partial charge in [0, 0.05) is 18.4 Å².